The lowest BCUT2D eigenvalue weighted by atomic mass is 10.1. The summed E-state index contributed by atoms with van der Waals surface area (Å²) in [5.41, 5.74) is 0. The molecule has 0 rings (SSSR count). The zero-order chi connectivity index (χ0) is 9.56. The molecule has 0 aromatic rings. The lowest BCUT2D eigenvalue weighted by molar-refractivity contribution is -0.129. The molecular weight excluding hydrogens is 154 g/mol. The first-order chi connectivity index (χ1) is 5.57. The van der Waals surface area contributed by atoms with Gasteiger partial charge in [0, 0.05) is 20.0 Å². The van der Waals surface area contributed by atoms with Gasteiger partial charge in [0.2, 0.25) is 5.91 Å². The standard InChI is InChI=1S/C9H19NO2/c1-8(2)4-5-10(6-7-11)9(3)12/h8,11H,4-7H2,1-3H3. The van der Waals surface area contributed by atoms with Crippen LogP contribution in [0.1, 0.15) is 27.2 Å². The van der Waals surface area contributed by atoms with Crippen LogP contribution in [0.3, 0.4) is 0 Å². The summed E-state index contributed by atoms with van der Waals surface area (Å²) in [5.74, 6) is 0.648. The number of carbonyl (C=O) groups excluding carboxylic acids is 1. The molecule has 12 heavy (non-hydrogen) atoms. The van der Waals surface area contributed by atoms with Gasteiger partial charge in [-0.2, -0.15) is 0 Å². The second-order valence-corrected chi connectivity index (χ2v) is 3.41. The Morgan fingerprint density at radius 2 is 2.00 bits per heavy atom. The second-order valence-electron chi connectivity index (χ2n) is 3.41. The maximum Gasteiger partial charge on any atom is 0.219 e. The van der Waals surface area contributed by atoms with Crippen LogP contribution >= 0.6 is 0 Å². The van der Waals surface area contributed by atoms with Gasteiger partial charge in [-0.15, -0.1) is 0 Å². The minimum absolute atomic E-state index is 0.0460. The fraction of sp³-hybridized carbons (Fsp3) is 0.889. The molecule has 0 fully saturated rings. The van der Waals surface area contributed by atoms with Crippen LogP contribution in [0, 0.1) is 5.92 Å². The lowest BCUT2D eigenvalue weighted by Gasteiger charge is -2.20. The van der Waals surface area contributed by atoms with Crippen molar-refractivity contribution in [2.75, 3.05) is 19.7 Å². The second kappa shape index (κ2) is 6.00. The average molecular weight is 173 g/mol. The molecule has 3 heteroatoms. The minimum Gasteiger partial charge on any atom is -0.395 e. The number of carbonyl (C=O) groups is 1. The van der Waals surface area contributed by atoms with Gasteiger partial charge in [0.15, 0.2) is 0 Å². The highest BCUT2D eigenvalue weighted by Gasteiger charge is 2.07. The van der Waals surface area contributed by atoms with Crippen LogP contribution in [0.5, 0.6) is 0 Å². The molecule has 0 radical (unpaired) electrons. The fourth-order valence-electron chi connectivity index (χ4n) is 0.961. The molecule has 1 N–H and O–H groups in total. The molecule has 3 nitrogen and oxygen atoms in total. The Hall–Kier alpha value is -0.570. The van der Waals surface area contributed by atoms with E-state index < -0.39 is 0 Å². The molecule has 0 aromatic heterocycles. The average Bonchev–Trinajstić information content (AvgIpc) is 1.96. The topological polar surface area (TPSA) is 40.5 Å². The predicted octanol–water partition coefficient (Wildman–Crippen LogP) is 0.873. The smallest absolute Gasteiger partial charge is 0.219 e. The number of rotatable bonds is 5. The van der Waals surface area contributed by atoms with Crippen molar-refractivity contribution in [1.82, 2.24) is 4.90 Å². The monoisotopic (exact) mass is 173 g/mol. The third kappa shape index (κ3) is 5.13. The van der Waals surface area contributed by atoms with E-state index in [0.29, 0.717) is 12.5 Å². The van der Waals surface area contributed by atoms with E-state index in [-0.39, 0.29) is 12.5 Å². The Bertz CT molecular complexity index is 134. The first-order valence-electron chi connectivity index (χ1n) is 4.44. The summed E-state index contributed by atoms with van der Waals surface area (Å²) in [6.07, 6.45) is 1.000. The van der Waals surface area contributed by atoms with E-state index in [1.54, 1.807) is 4.90 Å². The van der Waals surface area contributed by atoms with E-state index in [1.807, 2.05) is 0 Å². The van der Waals surface area contributed by atoms with Crippen LogP contribution in [-0.2, 0) is 4.79 Å². The Balaban J connectivity index is 3.71. The van der Waals surface area contributed by atoms with Crippen molar-refractivity contribution in [2.45, 2.75) is 27.2 Å². The zero-order valence-electron chi connectivity index (χ0n) is 8.21. The highest BCUT2D eigenvalue weighted by Crippen LogP contribution is 2.01. The van der Waals surface area contributed by atoms with E-state index in [2.05, 4.69) is 13.8 Å². The van der Waals surface area contributed by atoms with Gasteiger partial charge in [0.25, 0.3) is 0 Å². The lowest BCUT2D eigenvalue weighted by Crippen LogP contribution is -2.32. The summed E-state index contributed by atoms with van der Waals surface area (Å²) in [4.78, 5) is 12.6. The first-order valence-corrected chi connectivity index (χ1v) is 4.44. The van der Waals surface area contributed by atoms with E-state index in [9.17, 15) is 4.79 Å². The van der Waals surface area contributed by atoms with Crippen LogP contribution in [0.4, 0.5) is 0 Å². The quantitative estimate of drug-likeness (QED) is 0.670. The normalized spacial score (nSPS) is 10.4. The number of nitrogens with zero attached hydrogens (tertiary/aromatic N) is 1. The Labute approximate surface area is 74.4 Å². The molecule has 0 aliphatic carbocycles. The number of aliphatic hydroxyl groups excluding tert-OH is 1. The van der Waals surface area contributed by atoms with Crippen molar-refractivity contribution < 1.29 is 9.90 Å². The molecular formula is C9H19NO2. The fourth-order valence-corrected chi connectivity index (χ4v) is 0.961. The molecule has 0 aromatic carbocycles. The highest BCUT2D eigenvalue weighted by molar-refractivity contribution is 5.73. The maximum absolute atomic E-state index is 11.0. The Morgan fingerprint density at radius 1 is 1.42 bits per heavy atom. The van der Waals surface area contributed by atoms with Crippen molar-refractivity contribution in [3.05, 3.63) is 0 Å². The Kier molecular flexibility index (Phi) is 5.72. The molecule has 0 unspecified atom stereocenters. The van der Waals surface area contributed by atoms with E-state index >= 15 is 0 Å². The molecule has 0 heterocycles. The van der Waals surface area contributed by atoms with Crippen LogP contribution < -0.4 is 0 Å². The van der Waals surface area contributed by atoms with Gasteiger partial charge in [0.1, 0.15) is 0 Å². The van der Waals surface area contributed by atoms with E-state index in [4.69, 9.17) is 5.11 Å². The van der Waals surface area contributed by atoms with Crippen molar-refractivity contribution >= 4 is 5.91 Å². The number of amides is 1. The van der Waals surface area contributed by atoms with Gasteiger partial charge < -0.3 is 10.0 Å². The highest BCUT2D eigenvalue weighted by atomic mass is 16.3. The number of aliphatic hydroxyl groups is 1. The Morgan fingerprint density at radius 3 is 2.33 bits per heavy atom. The molecule has 0 atom stereocenters. The van der Waals surface area contributed by atoms with Crippen LogP contribution in [-0.4, -0.2) is 35.6 Å². The molecule has 0 saturated heterocycles. The zero-order valence-corrected chi connectivity index (χ0v) is 8.21. The number of hydrogen-bond acceptors (Lipinski definition) is 2. The SMILES string of the molecule is CC(=O)N(CCO)CCC(C)C. The number of hydrogen-bond donors (Lipinski definition) is 1. The summed E-state index contributed by atoms with van der Waals surface area (Å²) >= 11 is 0. The molecule has 0 saturated carbocycles. The largest absolute Gasteiger partial charge is 0.395 e. The van der Waals surface area contributed by atoms with Gasteiger partial charge in [-0.3, -0.25) is 4.79 Å². The van der Waals surface area contributed by atoms with Crippen molar-refractivity contribution in [3.8, 4) is 0 Å². The van der Waals surface area contributed by atoms with Crippen molar-refractivity contribution in [2.24, 2.45) is 5.92 Å². The summed E-state index contributed by atoms with van der Waals surface area (Å²) in [5, 5.41) is 8.66. The molecule has 0 aliphatic heterocycles. The van der Waals surface area contributed by atoms with Gasteiger partial charge in [-0.25, -0.2) is 0 Å². The summed E-state index contributed by atoms with van der Waals surface area (Å²) in [7, 11) is 0. The molecule has 1 amide bonds. The van der Waals surface area contributed by atoms with Gasteiger partial charge in [0.05, 0.1) is 6.61 Å². The third-order valence-electron chi connectivity index (χ3n) is 1.79. The predicted molar refractivity (Wildman–Crippen MR) is 48.8 cm³/mol. The first kappa shape index (κ1) is 11.4. The molecule has 72 valence electrons. The molecule has 0 bridgehead atoms. The van der Waals surface area contributed by atoms with E-state index in [1.165, 1.54) is 6.92 Å². The van der Waals surface area contributed by atoms with Crippen molar-refractivity contribution in [3.63, 3.8) is 0 Å². The van der Waals surface area contributed by atoms with Crippen LogP contribution in [0.15, 0.2) is 0 Å². The maximum atomic E-state index is 11.0. The molecule has 0 spiro atoms. The van der Waals surface area contributed by atoms with Crippen molar-refractivity contribution in [1.29, 1.82) is 0 Å². The van der Waals surface area contributed by atoms with Gasteiger partial charge >= 0.3 is 0 Å². The van der Waals surface area contributed by atoms with Gasteiger partial charge in [-0.05, 0) is 12.3 Å². The third-order valence-corrected chi connectivity index (χ3v) is 1.79. The van der Waals surface area contributed by atoms with E-state index in [0.717, 1.165) is 13.0 Å². The molecule has 0 aliphatic rings. The summed E-state index contributed by atoms with van der Waals surface area (Å²) in [6.45, 7) is 7.05. The summed E-state index contributed by atoms with van der Waals surface area (Å²) in [6, 6.07) is 0. The summed E-state index contributed by atoms with van der Waals surface area (Å²) < 4.78 is 0. The minimum atomic E-state index is 0.0460. The van der Waals surface area contributed by atoms with Crippen LogP contribution in [0.25, 0.3) is 0 Å². The van der Waals surface area contributed by atoms with Crippen LogP contribution in [0.2, 0.25) is 0 Å². The van der Waals surface area contributed by atoms with Gasteiger partial charge in [-0.1, -0.05) is 13.8 Å².